The molecule has 0 saturated carbocycles. The molecule has 0 aliphatic rings. The third kappa shape index (κ3) is 3.89. The van der Waals surface area contributed by atoms with Crippen molar-refractivity contribution < 1.29 is 31.1 Å². The fraction of sp³-hybridized carbons (Fsp3) is 0.875. The second-order valence-corrected chi connectivity index (χ2v) is 2.97. The molecule has 0 heterocycles. The van der Waals surface area contributed by atoms with Crippen LogP contribution in [-0.4, -0.2) is 25.1 Å². The molecule has 0 aliphatic heterocycles. The average molecular weight is 237 g/mol. The smallest absolute Gasteiger partial charge is 0.377 e. The van der Waals surface area contributed by atoms with Gasteiger partial charge in [-0.05, 0) is 6.42 Å². The quantitative estimate of drug-likeness (QED) is 0.507. The molecule has 0 aliphatic carbocycles. The van der Waals surface area contributed by atoms with Gasteiger partial charge in [-0.15, -0.1) is 0 Å². The highest BCUT2D eigenvalue weighted by atomic mass is 19.4. The van der Waals surface area contributed by atoms with Gasteiger partial charge in [0, 0.05) is 6.61 Å². The van der Waals surface area contributed by atoms with E-state index in [1.807, 2.05) is 0 Å². The van der Waals surface area contributed by atoms with Crippen LogP contribution in [0, 0.1) is 6.43 Å². The molecule has 0 aromatic rings. The fourth-order valence-corrected chi connectivity index (χ4v) is 0.703. The lowest BCUT2D eigenvalue weighted by molar-refractivity contribution is -0.257. The average Bonchev–Trinajstić information content (AvgIpc) is 2.09. The van der Waals surface area contributed by atoms with Gasteiger partial charge in [0.25, 0.3) is 5.67 Å². The molecule has 0 amide bonds. The number of unbranched alkanes of at least 4 members (excludes halogenated alkanes) is 1. The first kappa shape index (κ1) is 14.5. The van der Waals surface area contributed by atoms with Gasteiger partial charge in [0.15, 0.2) is 0 Å². The van der Waals surface area contributed by atoms with E-state index in [-0.39, 0.29) is 6.61 Å². The van der Waals surface area contributed by atoms with Crippen molar-refractivity contribution in [2.75, 3.05) is 13.2 Å². The summed E-state index contributed by atoms with van der Waals surface area (Å²) in [4.78, 5) is 0. The van der Waals surface area contributed by atoms with Gasteiger partial charge in [0.05, 0.1) is 6.61 Å². The predicted octanol–water partition coefficient (Wildman–Crippen LogP) is 3.50. The number of rotatable bonds is 6. The Balaban J connectivity index is 4.28. The Morgan fingerprint density at radius 3 is 2.00 bits per heavy atom. The van der Waals surface area contributed by atoms with Crippen LogP contribution in [0.5, 0.6) is 0 Å². The largest absolute Gasteiger partial charge is 0.431 e. The summed E-state index contributed by atoms with van der Waals surface area (Å²) < 4.78 is 76.4. The summed E-state index contributed by atoms with van der Waals surface area (Å²) in [6.45, 7) is -0.137. The molecule has 0 spiro atoms. The van der Waals surface area contributed by atoms with Crippen molar-refractivity contribution >= 4 is 0 Å². The molecule has 0 aromatic carbocycles. The van der Waals surface area contributed by atoms with Gasteiger partial charge in [-0.1, -0.05) is 13.3 Å². The monoisotopic (exact) mass is 237 g/mol. The minimum absolute atomic E-state index is 0.175. The van der Waals surface area contributed by atoms with Gasteiger partial charge >= 0.3 is 12.6 Å². The van der Waals surface area contributed by atoms with E-state index in [2.05, 4.69) is 4.74 Å². The molecule has 7 heteroatoms. The zero-order chi connectivity index (χ0) is 12.1. The van der Waals surface area contributed by atoms with E-state index >= 15 is 0 Å². The molecule has 1 atom stereocenters. The van der Waals surface area contributed by atoms with Gasteiger partial charge in [0.1, 0.15) is 0 Å². The molecule has 0 N–H and O–H groups in total. The van der Waals surface area contributed by atoms with Crippen molar-refractivity contribution in [1.29, 1.82) is 0 Å². The van der Waals surface area contributed by atoms with Gasteiger partial charge < -0.3 is 4.74 Å². The predicted molar refractivity (Wildman–Crippen MR) is 41.1 cm³/mol. The van der Waals surface area contributed by atoms with Crippen molar-refractivity contribution in [2.45, 2.75) is 31.6 Å². The van der Waals surface area contributed by atoms with Crippen molar-refractivity contribution in [3.8, 4) is 0 Å². The van der Waals surface area contributed by atoms with Crippen LogP contribution in [0.25, 0.3) is 0 Å². The van der Waals surface area contributed by atoms with E-state index < -0.39 is 24.9 Å². The van der Waals surface area contributed by atoms with Crippen molar-refractivity contribution in [3.05, 3.63) is 6.43 Å². The molecule has 1 radical (unpaired) electrons. The maximum Gasteiger partial charge on any atom is 0.431 e. The summed E-state index contributed by atoms with van der Waals surface area (Å²) in [5, 5.41) is 0. The molecule has 1 unspecified atom stereocenters. The van der Waals surface area contributed by atoms with E-state index in [4.69, 9.17) is 0 Å². The second-order valence-electron chi connectivity index (χ2n) is 2.97. The van der Waals surface area contributed by atoms with E-state index in [1.54, 1.807) is 6.92 Å². The first-order chi connectivity index (χ1) is 6.75. The Hall–Kier alpha value is -0.460. The minimum atomic E-state index is -5.65. The van der Waals surface area contributed by atoms with Crippen LogP contribution < -0.4 is 0 Å². The fourth-order valence-electron chi connectivity index (χ4n) is 0.703. The SMILES string of the molecule is CCCCOCC(F)([C](F)F)C(F)(F)F. The van der Waals surface area contributed by atoms with Crippen molar-refractivity contribution in [2.24, 2.45) is 0 Å². The zero-order valence-electron chi connectivity index (χ0n) is 8.00. The lowest BCUT2D eigenvalue weighted by atomic mass is 10.1. The number of alkyl halides is 4. The van der Waals surface area contributed by atoms with Crippen LogP contribution in [-0.2, 0) is 4.74 Å². The number of hydrogen-bond acceptors (Lipinski definition) is 1. The van der Waals surface area contributed by atoms with Crippen LogP contribution in [0.1, 0.15) is 19.8 Å². The molecular formula is C8H11F6O. The molecule has 0 bridgehead atoms. The molecular weight excluding hydrogens is 226 g/mol. The lowest BCUT2D eigenvalue weighted by Gasteiger charge is -2.25. The standard InChI is InChI=1S/C8H11F6O/c1-2-3-4-15-5-7(11,6(9)10)8(12,13)14/h2-5H2,1H3. The van der Waals surface area contributed by atoms with Crippen molar-refractivity contribution in [1.82, 2.24) is 0 Å². The Morgan fingerprint density at radius 1 is 1.13 bits per heavy atom. The maximum atomic E-state index is 12.8. The topological polar surface area (TPSA) is 9.23 Å². The second kappa shape index (κ2) is 5.58. The highest BCUT2D eigenvalue weighted by molar-refractivity contribution is 4.99. The lowest BCUT2D eigenvalue weighted by Crippen LogP contribution is -2.47. The molecule has 15 heavy (non-hydrogen) atoms. The van der Waals surface area contributed by atoms with Gasteiger partial charge in [0.2, 0.25) is 0 Å². The molecule has 0 fully saturated rings. The third-order valence-corrected chi connectivity index (χ3v) is 1.69. The number of ether oxygens (including phenoxy) is 1. The highest BCUT2D eigenvalue weighted by Gasteiger charge is 2.64. The Labute approximate surface area is 83.4 Å². The van der Waals surface area contributed by atoms with Crippen LogP contribution in [0.3, 0.4) is 0 Å². The van der Waals surface area contributed by atoms with Gasteiger partial charge in [-0.3, -0.25) is 0 Å². The summed E-state index contributed by atoms with van der Waals surface area (Å²) >= 11 is 0. The molecule has 0 rings (SSSR count). The normalized spacial score (nSPS) is 16.8. The molecule has 0 aromatic heterocycles. The van der Waals surface area contributed by atoms with Crippen LogP contribution in [0.15, 0.2) is 0 Å². The Morgan fingerprint density at radius 2 is 1.67 bits per heavy atom. The Kier molecular flexibility index (Phi) is 5.41. The third-order valence-electron chi connectivity index (χ3n) is 1.69. The number of halogens is 6. The van der Waals surface area contributed by atoms with Crippen molar-refractivity contribution in [3.63, 3.8) is 0 Å². The summed E-state index contributed by atoms with van der Waals surface area (Å²) in [6, 6.07) is 0. The van der Waals surface area contributed by atoms with Crippen LogP contribution in [0.4, 0.5) is 26.3 Å². The van der Waals surface area contributed by atoms with E-state index in [1.165, 1.54) is 0 Å². The van der Waals surface area contributed by atoms with Crippen LogP contribution >= 0.6 is 0 Å². The highest BCUT2D eigenvalue weighted by Crippen LogP contribution is 2.42. The molecule has 0 saturated heterocycles. The van der Waals surface area contributed by atoms with Crippen LogP contribution in [0.2, 0.25) is 0 Å². The summed E-state index contributed by atoms with van der Waals surface area (Å²) in [6.07, 6.45) is -7.97. The van der Waals surface area contributed by atoms with Gasteiger partial charge in [-0.25, -0.2) is 4.39 Å². The summed E-state index contributed by atoms with van der Waals surface area (Å²) in [7, 11) is 0. The molecule has 1 nitrogen and oxygen atoms in total. The first-order valence-electron chi connectivity index (χ1n) is 4.27. The summed E-state index contributed by atoms with van der Waals surface area (Å²) in [5.41, 5.74) is -4.65. The summed E-state index contributed by atoms with van der Waals surface area (Å²) in [5.74, 6) is 0. The molecule has 91 valence electrons. The van der Waals surface area contributed by atoms with E-state index in [9.17, 15) is 26.3 Å². The van der Waals surface area contributed by atoms with E-state index in [0.717, 1.165) is 0 Å². The number of hydrogen-bond donors (Lipinski definition) is 0. The Bertz CT molecular complexity index is 180. The maximum absolute atomic E-state index is 12.8. The van der Waals surface area contributed by atoms with Gasteiger partial charge in [-0.2, -0.15) is 22.0 Å². The first-order valence-corrected chi connectivity index (χ1v) is 4.27. The minimum Gasteiger partial charge on any atom is -0.377 e. The van der Waals surface area contributed by atoms with E-state index in [0.29, 0.717) is 12.8 Å². The zero-order valence-corrected chi connectivity index (χ0v) is 8.00.